The summed E-state index contributed by atoms with van der Waals surface area (Å²) in [6, 6.07) is 0. The first kappa shape index (κ1) is 10.7. The predicted molar refractivity (Wildman–Crippen MR) is 41.5 cm³/mol. The molecule has 0 atom stereocenters. The van der Waals surface area contributed by atoms with Crippen molar-refractivity contribution in [2.75, 3.05) is 0 Å². The van der Waals surface area contributed by atoms with Crippen molar-refractivity contribution in [2.24, 2.45) is 5.92 Å². The molecule has 1 rings (SSSR count). The van der Waals surface area contributed by atoms with Crippen LogP contribution in [0.1, 0.15) is 12.8 Å². The smallest absolute Gasteiger partial charge is 0.298 e. The molecule has 6 heteroatoms. The number of ketones is 2. The van der Waals surface area contributed by atoms with E-state index in [9.17, 15) is 22.8 Å². The van der Waals surface area contributed by atoms with Crippen LogP contribution in [0.5, 0.6) is 0 Å². The average Bonchev–Trinajstić information content (AvgIpc) is 1.97. The SMILES string of the molecule is O=C1CC(C(F)(F)F)CC(=O)C1Br. The van der Waals surface area contributed by atoms with E-state index in [1.54, 1.807) is 0 Å². The summed E-state index contributed by atoms with van der Waals surface area (Å²) in [6.45, 7) is 0. The molecule has 0 heterocycles. The lowest BCUT2D eigenvalue weighted by Gasteiger charge is -2.24. The van der Waals surface area contributed by atoms with Crippen molar-refractivity contribution in [1.82, 2.24) is 0 Å². The van der Waals surface area contributed by atoms with Crippen LogP contribution in [0.4, 0.5) is 13.2 Å². The number of halogens is 4. The Hall–Kier alpha value is -0.390. The number of hydrogen-bond donors (Lipinski definition) is 0. The van der Waals surface area contributed by atoms with Crippen molar-refractivity contribution in [2.45, 2.75) is 23.8 Å². The van der Waals surface area contributed by atoms with Gasteiger partial charge in [-0.1, -0.05) is 15.9 Å². The Bertz CT molecular complexity index is 231. The van der Waals surface area contributed by atoms with Gasteiger partial charge in [0.05, 0.1) is 5.92 Å². The van der Waals surface area contributed by atoms with Gasteiger partial charge >= 0.3 is 6.18 Å². The van der Waals surface area contributed by atoms with Gasteiger partial charge in [-0.25, -0.2) is 0 Å². The molecule has 1 aliphatic carbocycles. The van der Waals surface area contributed by atoms with Gasteiger partial charge in [0.25, 0.3) is 0 Å². The topological polar surface area (TPSA) is 34.1 Å². The van der Waals surface area contributed by atoms with Gasteiger partial charge in [-0.15, -0.1) is 0 Å². The second-order valence-electron chi connectivity index (χ2n) is 2.94. The molecule has 0 bridgehead atoms. The summed E-state index contributed by atoms with van der Waals surface area (Å²) < 4.78 is 36.3. The summed E-state index contributed by atoms with van der Waals surface area (Å²) in [4.78, 5) is 20.8. The van der Waals surface area contributed by atoms with E-state index in [4.69, 9.17) is 0 Å². The Morgan fingerprint density at radius 2 is 1.54 bits per heavy atom. The van der Waals surface area contributed by atoms with Gasteiger partial charge in [-0.3, -0.25) is 9.59 Å². The van der Waals surface area contributed by atoms with Crippen LogP contribution >= 0.6 is 15.9 Å². The standard InChI is InChI=1S/C7H6BrF3O2/c8-6-4(12)1-3(2-5(6)13)7(9,10)11/h3,6H,1-2H2. The number of hydrogen-bond acceptors (Lipinski definition) is 2. The van der Waals surface area contributed by atoms with E-state index in [2.05, 4.69) is 15.9 Å². The summed E-state index contributed by atoms with van der Waals surface area (Å²) in [6.07, 6.45) is -5.63. The first-order chi connectivity index (χ1) is 5.82. The average molecular weight is 259 g/mol. The summed E-state index contributed by atoms with van der Waals surface area (Å²) in [5, 5.41) is 0. The van der Waals surface area contributed by atoms with E-state index in [0.717, 1.165) is 0 Å². The van der Waals surface area contributed by atoms with Crippen LogP contribution in [-0.4, -0.2) is 22.6 Å². The molecule has 0 unspecified atom stereocenters. The van der Waals surface area contributed by atoms with Crippen molar-refractivity contribution in [3.05, 3.63) is 0 Å². The maximum Gasteiger partial charge on any atom is 0.392 e. The van der Waals surface area contributed by atoms with E-state index < -0.39 is 41.3 Å². The van der Waals surface area contributed by atoms with Gasteiger partial charge in [0.1, 0.15) is 4.83 Å². The number of carbonyl (C=O) groups is 2. The van der Waals surface area contributed by atoms with Gasteiger partial charge in [-0.05, 0) is 0 Å². The minimum atomic E-state index is -4.45. The summed E-state index contributed by atoms with van der Waals surface area (Å²) in [5.41, 5.74) is 0. The molecule has 0 aromatic carbocycles. The van der Waals surface area contributed by atoms with Crippen molar-refractivity contribution in [3.63, 3.8) is 0 Å². The maximum absolute atomic E-state index is 12.1. The molecule has 1 fully saturated rings. The number of rotatable bonds is 0. The Labute approximate surface area is 80.6 Å². The van der Waals surface area contributed by atoms with Crippen LogP contribution in [0.2, 0.25) is 0 Å². The minimum Gasteiger partial charge on any atom is -0.298 e. The minimum absolute atomic E-state index is 0.592. The van der Waals surface area contributed by atoms with E-state index in [1.165, 1.54) is 0 Å². The molecule has 74 valence electrons. The molecule has 0 N–H and O–H groups in total. The summed E-state index contributed by atoms with van der Waals surface area (Å²) >= 11 is 2.75. The third-order valence-electron chi connectivity index (χ3n) is 1.92. The first-order valence-corrected chi connectivity index (χ1v) is 4.50. The van der Waals surface area contributed by atoms with Gasteiger partial charge in [0, 0.05) is 12.8 Å². The predicted octanol–water partition coefficient (Wildman–Crippen LogP) is 1.86. The lowest BCUT2D eigenvalue weighted by molar-refractivity contribution is -0.184. The lowest BCUT2D eigenvalue weighted by Crippen LogP contribution is -2.39. The van der Waals surface area contributed by atoms with Crippen LogP contribution in [0.15, 0.2) is 0 Å². The molecule has 0 aliphatic heterocycles. The Balaban J connectivity index is 2.75. The van der Waals surface area contributed by atoms with E-state index in [1.807, 2.05) is 0 Å². The third-order valence-corrected chi connectivity index (χ3v) is 2.94. The highest BCUT2D eigenvalue weighted by molar-refractivity contribution is 9.10. The van der Waals surface area contributed by atoms with Crippen LogP contribution < -0.4 is 0 Å². The molecule has 1 aliphatic rings. The van der Waals surface area contributed by atoms with Gasteiger partial charge < -0.3 is 0 Å². The molecule has 0 aromatic rings. The number of carbonyl (C=O) groups excluding carboxylic acids is 2. The fraction of sp³-hybridized carbons (Fsp3) is 0.714. The monoisotopic (exact) mass is 258 g/mol. The molecule has 0 saturated heterocycles. The van der Waals surface area contributed by atoms with Crippen molar-refractivity contribution in [3.8, 4) is 0 Å². The first-order valence-electron chi connectivity index (χ1n) is 3.58. The Kier molecular flexibility index (Phi) is 2.79. The van der Waals surface area contributed by atoms with Crippen LogP contribution in [0, 0.1) is 5.92 Å². The van der Waals surface area contributed by atoms with Crippen molar-refractivity contribution >= 4 is 27.5 Å². The number of alkyl halides is 4. The largest absolute Gasteiger partial charge is 0.392 e. The molecule has 0 radical (unpaired) electrons. The maximum atomic E-state index is 12.1. The summed E-state index contributed by atoms with van der Waals surface area (Å²) in [7, 11) is 0. The molecule has 2 nitrogen and oxygen atoms in total. The Morgan fingerprint density at radius 3 is 1.85 bits per heavy atom. The fourth-order valence-electron chi connectivity index (χ4n) is 1.18. The molecule has 0 amide bonds. The number of Topliss-reactive ketones (excluding diaryl/α,β-unsaturated/α-hetero) is 2. The molecule has 1 saturated carbocycles. The zero-order chi connectivity index (χ0) is 10.2. The highest BCUT2D eigenvalue weighted by Gasteiger charge is 2.47. The van der Waals surface area contributed by atoms with Crippen LogP contribution in [0.3, 0.4) is 0 Å². The van der Waals surface area contributed by atoms with E-state index in [0.29, 0.717) is 0 Å². The molecule has 0 spiro atoms. The normalized spacial score (nSPS) is 30.8. The highest BCUT2D eigenvalue weighted by Crippen LogP contribution is 2.36. The summed E-state index contributed by atoms with van der Waals surface area (Å²) in [5.74, 6) is -3.15. The second kappa shape index (κ2) is 3.40. The third kappa shape index (κ3) is 2.30. The quantitative estimate of drug-likeness (QED) is 0.491. The lowest BCUT2D eigenvalue weighted by atomic mass is 9.87. The highest BCUT2D eigenvalue weighted by atomic mass is 79.9. The van der Waals surface area contributed by atoms with Crippen molar-refractivity contribution in [1.29, 1.82) is 0 Å². The van der Waals surface area contributed by atoms with Crippen LogP contribution in [-0.2, 0) is 9.59 Å². The van der Waals surface area contributed by atoms with Gasteiger partial charge in [0.2, 0.25) is 0 Å². The van der Waals surface area contributed by atoms with Gasteiger partial charge in [0.15, 0.2) is 11.6 Å². The molecular weight excluding hydrogens is 253 g/mol. The zero-order valence-corrected chi connectivity index (χ0v) is 7.98. The molecule has 13 heavy (non-hydrogen) atoms. The second-order valence-corrected chi connectivity index (χ2v) is 3.86. The molecule has 0 aromatic heterocycles. The molecular formula is C7H6BrF3O2. The van der Waals surface area contributed by atoms with Gasteiger partial charge in [-0.2, -0.15) is 13.2 Å². The van der Waals surface area contributed by atoms with Crippen molar-refractivity contribution < 1.29 is 22.8 Å². The van der Waals surface area contributed by atoms with Crippen LogP contribution in [0.25, 0.3) is 0 Å². The zero-order valence-electron chi connectivity index (χ0n) is 6.40. The Morgan fingerprint density at radius 1 is 1.15 bits per heavy atom. The van der Waals surface area contributed by atoms with E-state index >= 15 is 0 Å². The van der Waals surface area contributed by atoms with E-state index in [-0.39, 0.29) is 0 Å². The fourth-order valence-corrected chi connectivity index (χ4v) is 1.55.